The van der Waals surface area contributed by atoms with Crippen LogP contribution in [0.25, 0.3) is 0 Å². The predicted molar refractivity (Wildman–Crippen MR) is 81.4 cm³/mol. The van der Waals surface area contributed by atoms with Crippen LogP contribution >= 0.6 is 0 Å². The normalized spacial score (nSPS) is 18.3. The van der Waals surface area contributed by atoms with Crippen LogP contribution in [0.1, 0.15) is 43.1 Å². The maximum absolute atomic E-state index is 12.1. The van der Waals surface area contributed by atoms with Gasteiger partial charge in [0.05, 0.1) is 5.56 Å². The first-order valence-electron chi connectivity index (χ1n) is 7.14. The summed E-state index contributed by atoms with van der Waals surface area (Å²) in [6.07, 6.45) is 0.770. The first-order chi connectivity index (χ1) is 9.76. The number of carbonyl (C=O) groups is 2. The number of aryl methyl sites for hydroxylation is 1. The molecule has 1 fully saturated rings. The number of hydrogen-bond donors (Lipinski definition) is 2. The lowest BCUT2D eigenvalue weighted by Gasteiger charge is -2.20. The van der Waals surface area contributed by atoms with Crippen molar-refractivity contribution in [2.75, 3.05) is 11.9 Å². The molecule has 1 aliphatic rings. The molecule has 1 saturated heterocycles. The molecule has 1 aromatic rings. The molecule has 2 rings (SSSR count). The summed E-state index contributed by atoms with van der Waals surface area (Å²) < 4.78 is 5.37. The molecule has 1 amide bonds. The second kappa shape index (κ2) is 5.76. The van der Waals surface area contributed by atoms with Crippen molar-refractivity contribution in [3.05, 3.63) is 29.3 Å². The van der Waals surface area contributed by atoms with Crippen LogP contribution in [0.15, 0.2) is 18.2 Å². The maximum Gasteiger partial charge on any atom is 0.338 e. The molecule has 0 bridgehead atoms. The Kier molecular flexibility index (Phi) is 4.21. The van der Waals surface area contributed by atoms with Crippen LogP contribution < -0.4 is 10.6 Å². The summed E-state index contributed by atoms with van der Waals surface area (Å²) in [5.41, 5.74) is 1.70. The molecular weight excluding hydrogens is 268 g/mol. The lowest BCUT2D eigenvalue weighted by molar-refractivity contribution is -0.119. The van der Waals surface area contributed by atoms with E-state index in [0.717, 1.165) is 17.7 Å². The van der Waals surface area contributed by atoms with Crippen LogP contribution in [-0.2, 0) is 9.53 Å². The lowest BCUT2D eigenvalue weighted by atomic mass is 10.1. The summed E-state index contributed by atoms with van der Waals surface area (Å²) in [7, 11) is 0. The minimum Gasteiger partial charge on any atom is -0.456 e. The van der Waals surface area contributed by atoms with Gasteiger partial charge in [0.15, 0.2) is 0 Å². The highest BCUT2D eigenvalue weighted by Crippen LogP contribution is 2.20. The number of ether oxygens (including phenoxy) is 1. The van der Waals surface area contributed by atoms with Crippen molar-refractivity contribution in [3.63, 3.8) is 0 Å². The summed E-state index contributed by atoms with van der Waals surface area (Å²) in [6.45, 7) is 8.09. The van der Waals surface area contributed by atoms with E-state index in [2.05, 4.69) is 10.6 Å². The van der Waals surface area contributed by atoms with E-state index < -0.39 is 5.60 Å². The fourth-order valence-electron chi connectivity index (χ4n) is 2.25. The van der Waals surface area contributed by atoms with E-state index in [1.807, 2.05) is 33.8 Å². The molecule has 2 N–H and O–H groups in total. The monoisotopic (exact) mass is 290 g/mol. The van der Waals surface area contributed by atoms with Gasteiger partial charge in [-0.3, -0.25) is 4.79 Å². The second-order valence-electron chi connectivity index (χ2n) is 6.31. The van der Waals surface area contributed by atoms with Crippen molar-refractivity contribution in [1.82, 2.24) is 5.32 Å². The average Bonchev–Trinajstić information content (AvgIpc) is 2.72. The van der Waals surface area contributed by atoms with Crippen molar-refractivity contribution in [2.45, 2.75) is 45.8 Å². The minimum atomic E-state index is -0.512. The number of anilines is 1. The topological polar surface area (TPSA) is 67.4 Å². The van der Waals surface area contributed by atoms with Crippen LogP contribution in [0.2, 0.25) is 0 Å². The molecule has 5 nitrogen and oxygen atoms in total. The summed E-state index contributed by atoms with van der Waals surface area (Å²) in [4.78, 5) is 23.6. The van der Waals surface area contributed by atoms with E-state index in [1.165, 1.54) is 0 Å². The zero-order valence-electron chi connectivity index (χ0n) is 12.9. The highest BCUT2D eigenvalue weighted by atomic mass is 16.6. The Bertz CT molecular complexity index is 561. The van der Waals surface area contributed by atoms with Gasteiger partial charge in [0.1, 0.15) is 11.6 Å². The molecule has 0 saturated carbocycles. The number of nitrogens with one attached hydrogen (secondary N) is 2. The molecular formula is C16H22N2O3. The number of benzene rings is 1. The first-order valence-corrected chi connectivity index (χ1v) is 7.14. The Morgan fingerprint density at radius 3 is 2.62 bits per heavy atom. The van der Waals surface area contributed by atoms with Crippen LogP contribution in [0.5, 0.6) is 0 Å². The van der Waals surface area contributed by atoms with Gasteiger partial charge in [0.25, 0.3) is 0 Å². The van der Waals surface area contributed by atoms with E-state index in [4.69, 9.17) is 4.74 Å². The molecule has 21 heavy (non-hydrogen) atoms. The van der Waals surface area contributed by atoms with E-state index in [-0.39, 0.29) is 17.9 Å². The van der Waals surface area contributed by atoms with Gasteiger partial charge in [0, 0.05) is 12.2 Å². The van der Waals surface area contributed by atoms with Gasteiger partial charge >= 0.3 is 5.97 Å². The number of esters is 1. The van der Waals surface area contributed by atoms with Gasteiger partial charge in [-0.05, 0) is 57.9 Å². The van der Waals surface area contributed by atoms with Gasteiger partial charge in [-0.2, -0.15) is 0 Å². The summed E-state index contributed by atoms with van der Waals surface area (Å²) in [5, 5.41) is 5.97. The third-order valence-electron chi connectivity index (χ3n) is 3.23. The first kappa shape index (κ1) is 15.4. The number of rotatable bonds is 3. The molecule has 1 heterocycles. The van der Waals surface area contributed by atoms with E-state index >= 15 is 0 Å². The summed E-state index contributed by atoms with van der Waals surface area (Å²) in [5.74, 6) is -0.311. The van der Waals surface area contributed by atoms with Crippen molar-refractivity contribution in [2.24, 2.45) is 0 Å². The fourth-order valence-corrected chi connectivity index (χ4v) is 2.25. The lowest BCUT2D eigenvalue weighted by Crippen LogP contribution is -2.29. The summed E-state index contributed by atoms with van der Waals surface area (Å²) >= 11 is 0. The third-order valence-corrected chi connectivity index (χ3v) is 3.23. The molecule has 1 aromatic carbocycles. The smallest absolute Gasteiger partial charge is 0.338 e. The molecule has 1 aliphatic heterocycles. The molecule has 0 aliphatic carbocycles. The molecule has 5 heteroatoms. The van der Waals surface area contributed by atoms with Gasteiger partial charge in [0.2, 0.25) is 5.91 Å². The standard InChI is InChI=1S/C16H22N2O3/c1-10-9-11(18-13-7-8-17-14(13)19)5-6-12(10)15(20)21-16(2,3)4/h5-6,9,13,18H,7-8H2,1-4H3,(H,17,19)/t13-/m0/s1. The summed E-state index contributed by atoms with van der Waals surface area (Å²) in [6, 6.07) is 5.21. The average molecular weight is 290 g/mol. The number of carbonyl (C=O) groups excluding carboxylic acids is 2. The second-order valence-corrected chi connectivity index (χ2v) is 6.31. The van der Waals surface area contributed by atoms with Gasteiger partial charge in [-0.25, -0.2) is 4.79 Å². The molecule has 0 radical (unpaired) electrons. The Morgan fingerprint density at radius 2 is 2.10 bits per heavy atom. The predicted octanol–water partition coefficient (Wildman–Crippen LogP) is 2.25. The molecule has 0 aromatic heterocycles. The molecule has 0 unspecified atom stereocenters. The van der Waals surface area contributed by atoms with Crippen molar-refractivity contribution in [3.8, 4) is 0 Å². The molecule has 0 spiro atoms. The quantitative estimate of drug-likeness (QED) is 0.838. The maximum atomic E-state index is 12.1. The zero-order valence-corrected chi connectivity index (χ0v) is 12.9. The minimum absolute atomic E-state index is 0.0175. The van der Waals surface area contributed by atoms with Crippen molar-refractivity contribution in [1.29, 1.82) is 0 Å². The molecule has 114 valence electrons. The van der Waals surface area contributed by atoms with Crippen molar-refractivity contribution < 1.29 is 14.3 Å². The van der Waals surface area contributed by atoms with Crippen LogP contribution in [0.4, 0.5) is 5.69 Å². The number of amides is 1. The molecule has 1 atom stereocenters. The van der Waals surface area contributed by atoms with Crippen LogP contribution in [0.3, 0.4) is 0 Å². The van der Waals surface area contributed by atoms with Gasteiger partial charge in [-0.15, -0.1) is 0 Å². The Balaban J connectivity index is 2.10. The Morgan fingerprint density at radius 1 is 1.38 bits per heavy atom. The number of hydrogen-bond acceptors (Lipinski definition) is 4. The fraction of sp³-hybridized carbons (Fsp3) is 0.500. The van der Waals surface area contributed by atoms with Gasteiger partial charge in [-0.1, -0.05) is 0 Å². The van der Waals surface area contributed by atoms with Crippen LogP contribution in [-0.4, -0.2) is 30.1 Å². The third kappa shape index (κ3) is 3.97. The SMILES string of the molecule is Cc1cc(N[C@H]2CCNC2=O)ccc1C(=O)OC(C)(C)C. The van der Waals surface area contributed by atoms with Crippen LogP contribution in [0, 0.1) is 6.92 Å². The Hall–Kier alpha value is -2.04. The Labute approximate surface area is 125 Å². The van der Waals surface area contributed by atoms with Crippen molar-refractivity contribution >= 4 is 17.6 Å². The van der Waals surface area contributed by atoms with E-state index in [9.17, 15) is 9.59 Å². The van der Waals surface area contributed by atoms with E-state index in [0.29, 0.717) is 12.1 Å². The highest BCUT2D eigenvalue weighted by Gasteiger charge is 2.24. The zero-order chi connectivity index (χ0) is 15.6. The highest BCUT2D eigenvalue weighted by molar-refractivity contribution is 5.92. The van der Waals surface area contributed by atoms with Gasteiger partial charge < -0.3 is 15.4 Å². The van der Waals surface area contributed by atoms with E-state index in [1.54, 1.807) is 12.1 Å². The largest absolute Gasteiger partial charge is 0.456 e.